The molecule has 2 aliphatic rings. The van der Waals surface area contributed by atoms with Crippen LogP contribution in [0.25, 0.3) is 0 Å². The molecule has 5 heteroatoms. The minimum Gasteiger partial charge on any atom is -0.496 e. The second-order valence-electron chi connectivity index (χ2n) is 7.97. The molecule has 3 aromatic rings. The number of carbonyl (C=O) groups excluding carboxylic acids is 1. The van der Waals surface area contributed by atoms with E-state index >= 15 is 0 Å². The molecule has 0 fully saturated rings. The van der Waals surface area contributed by atoms with Crippen LogP contribution in [0.2, 0.25) is 0 Å². The summed E-state index contributed by atoms with van der Waals surface area (Å²) in [7, 11) is 1.68. The van der Waals surface area contributed by atoms with E-state index in [2.05, 4.69) is 44.8 Å². The van der Waals surface area contributed by atoms with Crippen LogP contribution in [-0.4, -0.2) is 12.9 Å². The third-order valence-electron chi connectivity index (χ3n) is 6.07. The lowest BCUT2D eigenvalue weighted by Crippen LogP contribution is -2.27. The zero-order valence-electron chi connectivity index (χ0n) is 17.2. The number of allylic oxidation sites excluding steroid dienone is 1. The number of rotatable bonds is 3. The van der Waals surface area contributed by atoms with Crippen LogP contribution in [0.5, 0.6) is 5.75 Å². The number of hydrogen-bond acceptors (Lipinski definition) is 4. The van der Waals surface area contributed by atoms with Gasteiger partial charge in [0.2, 0.25) is 0 Å². The number of nitrogens with one attached hydrogen (secondary N) is 2. The summed E-state index contributed by atoms with van der Waals surface area (Å²) in [5.74, 6) is 1.07. The van der Waals surface area contributed by atoms with Crippen LogP contribution in [0.15, 0.2) is 88.5 Å². The Balaban J connectivity index is 1.62. The van der Waals surface area contributed by atoms with E-state index in [4.69, 9.17) is 4.74 Å². The zero-order chi connectivity index (χ0) is 21.4. The van der Waals surface area contributed by atoms with Gasteiger partial charge in [-0.3, -0.25) is 4.79 Å². The van der Waals surface area contributed by atoms with Crippen molar-refractivity contribution in [1.29, 1.82) is 0 Å². The fourth-order valence-corrected chi connectivity index (χ4v) is 5.07. The molecular formula is C26H23BrN2O2. The smallest absolute Gasteiger partial charge is 0.163 e. The van der Waals surface area contributed by atoms with Gasteiger partial charge in [0, 0.05) is 28.1 Å². The van der Waals surface area contributed by atoms with Crippen molar-refractivity contribution < 1.29 is 9.53 Å². The first-order chi connectivity index (χ1) is 15.1. The van der Waals surface area contributed by atoms with Crippen LogP contribution in [0.4, 0.5) is 11.4 Å². The molecule has 0 spiro atoms. The molecule has 0 aromatic heterocycles. The molecule has 2 unspecified atom stereocenters. The molecule has 3 aromatic carbocycles. The average molecular weight is 475 g/mol. The van der Waals surface area contributed by atoms with Gasteiger partial charge in [0.05, 0.1) is 24.5 Å². The molecule has 0 bridgehead atoms. The number of Topliss-reactive ketones (excluding diaryl/α,β-unsaturated/α-hetero) is 1. The van der Waals surface area contributed by atoms with Crippen molar-refractivity contribution in [3.05, 3.63) is 99.7 Å². The SMILES string of the molecule is COc1ccccc1C1CC(=O)C2=C(C1)Nc1ccccc1NC2c1cccc(Br)c1. The van der Waals surface area contributed by atoms with Gasteiger partial charge in [-0.05, 0) is 47.9 Å². The molecule has 2 atom stereocenters. The lowest BCUT2D eigenvalue weighted by atomic mass is 9.78. The van der Waals surface area contributed by atoms with Crippen molar-refractivity contribution in [2.24, 2.45) is 0 Å². The lowest BCUT2D eigenvalue weighted by Gasteiger charge is -2.30. The van der Waals surface area contributed by atoms with Crippen LogP contribution in [0.3, 0.4) is 0 Å². The van der Waals surface area contributed by atoms with Crippen molar-refractivity contribution in [2.45, 2.75) is 24.8 Å². The third-order valence-corrected chi connectivity index (χ3v) is 6.56. The summed E-state index contributed by atoms with van der Waals surface area (Å²) in [5.41, 5.74) is 5.92. The molecule has 4 nitrogen and oxygen atoms in total. The van der Waals surface area contributed by atoms with Gasteiger partial charge < -0.3 is 15.4 Å². The molecule has 1 aliphatic carbocycles. The van der Waals surface area contributed by atoms with Gasteiger partial charge >= 0.3 is 0 Å². The number of fused-ring (bicyclic) bond motifs is 1. The maximum absolute atomic E-state index is 13.6. The van der Waals surface area contributed by atoms with E-state index < -0.39 is 0 Å². The standard InChI is InChI=1S/C26H23BrN2O2/c1-31-24-12-5-2-9-19(24)17-14-22-25(23(30)15-17)26(16-7-6-8-18(27)13-16)29-21-11-4-3-10-20(21)28-22/h2-13,17,26,28-29H,14-15H2,1H3. The average Bonchev–Trinajstić information content (AvgIpc) is 2.96. The first kappa shape index (κ1) is 19.9. The number of anilines is 2. The first-order valence-corrected chi connectivity index (χ1v) is 11.2. The quantitative estimate of drug-likeness (QED) is 0.458. The number of methoxy groups -OCH3 is 1. The number of benzene rings is 3. The second-order valence-corrected chi connectivity index (χ2v) is 8.88. The molecule has 0 amide bonds. The maximum atomic E-state index is 13.6. The number of ketones is 1. The van der Waals surface area contributed by atoms with Crippen molar-refractivity contribution in [1.82, 2.24) is 0 Å². The van der Waals surface area contributed by atoms with Gasteiger partial charge in [-0.25, -0.2) is 0 Å². The van der Waals surface area contributed by atoms with Crippen molar-refractivity contribution >= 4 is 33.1 Å². The van der Waals surface area contributed by atoms with Crippen LogP contribution < -0.4 is 15.4 Å². The number of hydrogen-bond donors (Lipinski definition) is 2. The van der Waals surface area contributed by atoms with E-state index in [1.807, 2.05) is 54.6 Å². The molecule has 0 saturated heterocycles. The summed E-state index contributed by atoms with van der Waals surface area (Å²) >= 11 is 3.58. The van der Waals surface area contributed by atoms with Crippen molar-refractivity contribution in [3.63, 3.8) is 0 Å². The largest absolute Gasteiger partial charge is 0.496 e. The summed E-state index contributed by atoms with van der Waals surface area (Å²) < 4.78 is 6.58. The molecule has 31 heavy (non-hydrogen) atoms. The van der Waals surface area contributed by atoms with Gasteiger partial charge in [0.15, 0.2) is 5.78 Å². The zero-order valence-corrected chi connectivity index (χ0v) is 18.8. The Labute approximate surface area is 190 Å². The van der Waals surface area contributed by atoms with Crippen LogP contribution >= 0.6 is 15.9 Å². The fourth-order valence-electron chi connectivity index (χ4n) is 4.65. The second kappa shape index (κ2) is 8.23. The van der Waals surface area contributed by atoms with Crippen molar-refractivity contribution in [3.8, 4) is 5.75 Å². The number of halogens is 1. The molecule has 156 valence electrons. The summed E-state index contributed by atoms with van der Waals surface area (Å²) in [6, 6.07) is 24.1. The summed E-state index contributed by atoms with van der Waals surface area (Å²) in [6.07, 6.45) is 1.21. The van der Waals surface area contributed by atoms with E-state index in [9.17, 15) is 4.79 Å². The minimum absolute atomic E-state index is 0.0725. The van der Waals surface area contributed by atoms with Crippen LogP contribution in [0.1, 0.15) is 35.9 Å². The number of carbonyl (C=O) groups is 1. The van der Waals surface area contributed by atoms with E-state index in [0.29, 0.717) is 6.42 Å². The van der Waals surface area contributed by atoms with Gasteiger partial charge in [-0.15, -0.1) is 0 Å². The highest BCUT2D eigenvalue weighted by molar-refractivity contribution is 9.10. The molecule has 0 saturated carbocycles. The third kappa shape index (κ3) is 3.74. The van der Waals surface area contributed by atoms with Crippen molar-refractivity contribution in [2.75, 3.05) is 17.7 Å². The molecule has 5 rings (SSSR count). The van der Waals surface area contributed by atoms with E-state index in [1.165, 1.54) is 0 Å². The Hall–Kier alpha value is -3.05. The monoisotopic (exact) mass is 474 g/mol. The predicted molar refractivity (Wildman–Crippen MR) is 128 cm³/mol. The Morgan fingerprint density at radius 1 is 0.935 bits per heavy atom. The molecule has 1 heterocycles. The normalized spacial score (nSPS) is 20.1. The molecular weight excluding hydrogens is 452 g/mol. The molecule has 1 aliphatic heterocycles. The highest BCUT2D eigenvalue weighted by atomic mass is 79.9. The van der Waals surface area contributed by atoms with Crippen LogP contribution in [0, 0.1) is 0 Å². The summed E-state index contributed by atoms with van der Waals surface area (Å²) in [6.45, 7) is 0. The lowest BCUT2D eigenvalue weighted by molar-refractivity contribution is -0.116. The Morgan fingerprint density at radius 2 is 1.71 bits per heavy atom. The van der Waals surface area contributed by atoms with E-state index in [1.54, 1.807) is 7.11 Å². The minimum atomic E-state index is -0.213. The van der Waals surface area contributed by atoms with Gasteiger partial charge in [0.25, 0.3) is 0 Å². The molecule has 2 N–H and O–H groups in total. The topological polar surface area (TPSA) is 50.4 Å². The highest BCUT2D eigenvalue weighted by Gasteiger charge is 2.36. The molecule has 0 radical (unpaired) electrons. The number of para-hydroxylation sites is 3. The van der Waals surface area contributed by atoms with E-state index in [0.717, 1.165) is 50.4 Å². The van der Waals surface area contributed by atoms with Gasteiger partial charge in [0.1, 0.15) is 5.75 Å². The van der Waals surface area contributed by atoms with Gasteiger partial charge in [-0.2, -0.15) is 0 Å². The van der Waals surface area contributed by atoms with Crippen LogP contribution in [-0.2, 0) is 4.79 Å². The van der Waals surface area contributed by atoms with Gasteiger partial charge in [-0.1, -0.05) is 58.4 Å². The Kier molecular flexibility index (Phi) is 5.28. The summed E-state index contributed by atoms with van der Waals surface area (Å²) in [5, 5.41) is 7.21. The highest BCUT2D eigenvalue weighted by Crippen LogP contribution is 2.45. The maximum Gasteiger partial charge on any atom is 0.163 e. The number of ether oxygens (including phenoxy) is 1. The predicted octanol–water partition coefficient (Wildman–Crippen LogP) is 6.44. The summed E-state index contributed by atoms with van der Waals surface area (Å²) in [4.78, 5) is 13.6. The first-order valence-electron chi connectivity index (χ1n) is 10.4. The fraction of sp³-hybridized carbons (Fsp3) is 0.192. The Bertz CT molecular complexity index is 1190. The Morgan fingerprint density at radius 3 is 2.52 bits per heavy atom. The van der Waals surface area contributed by atoms with E-state index in [-0.39, 0.29) is 17.7 Å².